The summed E-state index contributed by atoms with van der Waals surface area (Å²) in [4.78, 5) is 63.9. The number of hydrogen-bond acceptors (Lipinski definition) is 8. The Labute approximate surface area is 251 Å². The van der Waals surface area contributed by atoms with E-state index in [2.05, 4.69) is 26.3 Å². The lowest BCUT2D eigenvalue weighted by Gasteiger charge is -2.30. The van der Waals surface area contributed by atoms with Crippen LogP contribution in [0.25, 0.3) is 10.9 Å². The van der Waals surface area contributed by atoms with Gasteiger partial charge in [0.2, 0.25) is 0 Å². The molecule has 226 valence electrons. The van der Waals surface area contributed by atoms with Gasteiger partial charge in [-0.1, -0.05) is 57.7 Å². The second-order valence-corrected chi connectivity index (χ2v) is 11.8. The van der Waals surface area contributed by atoms with Crippen molar-refractivity contribution in [1.29, 1.82) is 0 Å². The first-order valence-electron chi connectivity index (χ1n) is 15.0. The van der Waals surface area contributed by atoms with E-state index in [1.807, 2.05) is 55.9 Å². The zero-order chi connectivity index (χ0) is 30.8. The summed E-state index contributed by atoms with van der Waals surface area (Å²) in [5.41, 5.74) is 1.90. The van der Waals surface area contributed by atoms with Crippen molar-refractivity contribution >= 4 is 40.6 Å². The molecule has 2 aromatic rings. The fourth-order valence-electron chi connectivity index (χ4n) is 6.17. The van der Waals surface area contributed by atoms with Gasteiger partial charge >= 0.3 is 0 Å². The number of benzene rings is 1. The summed E-state index contributed by atoms with van der Waals surface area (Å²) in [5.74, 6) is 7.33. The third-order valence-electron chi connectivity index (χ3n) is 8.46. The summed E-state index contributed by atoms with van der Waals surface area (Å²) < 4.78 is 0. The molecule has 2 aliphatic rings. The standard InChI is InChI=1S/C33H39N5O5/c1-21(2)32(38-33(43)28-17-23-9-5-6-10-26(23)36-28)31(20-42)37-27(15-22-7-3-4-8-22)30(19-41)35-25(12-14-39)16-24-11-13-34-29(24)18-40/h5-6,9-10,12,17,21-22,24-25,27,32,34-37H,3-4,7-8,11,13,15-16H2,1-2H3,(H,38,43)/t24-,25+,27-,32-/m0/s1. The van der Waals surface area contributed by atoms with Crippen LogP contribution in [0.2, 0.25) is 0 Å². The van der Waals surface area contributed by atoms with E-state index < -0.39 is 18.1 Å². The van der Waals surface area contributed by atoms with E-state index in [0.29, 0.717) is 43.1 Å². The van der Waals surface area contributed by atoms with Crippen molar-refractivity contribution in [2.75, 3.05) is 6.54 Å². The highest BCUT2D eigenvalue weighted by atomic mass is 16.2. The van der Waals surface area contributed by atoms with E-state index >= 15 is 0 Å². The normalized spacial score (nSPS) is 18.4. The maximum absolute atomic E-state index is 13.3. The summed E-state index contributed by atoms with van der Waals surface area (Å²) in [6, 6.07) is 7.35. The largest absolute Gasteiger partial charge is 0.379 e. The molecule has 0 unspecified atom stereocenters. The van der Waals surface area contributed by atoms with Crippen molar-refractivity contribution in [3.63, 3.8) is 0 Å². The Hall–Kier alpha value is -4.57. The molecule has 10 heteroatoms. The predicted molar refractivity (Wildman–Crippen MR) is 163 cm³/mol. The molecule has 1 amide bonds. The number of amides is 1. The number of aromatic nitrogens is 1. The van der Waals surface area contributed by atoms with Crippen molar-refractivity contribution in [2.24, 2.45) is 17.8 Å². The molecular formula is C33H39N5O5. The average molecular weight is 586 g/mol. The van der Waals surface area contributed by atoms with Gasteiger partial charge in [0.05, 0.1) is 23.8 Å². The van der Waals surface area contributed by atoms with E-state index in [0.717, 1.165) is 36.6 Å². The Morgan fingerprint density at radius 3 is 2.37 bits per heavy atom. The smallest absolute Gasteiger partial charge is 0.268 e. The van der Waals surface area contributed by atoms with Gasteiger partial charge in [-0.25, -0.2) is 19.2 Å². The Kier molecular flexibility index (Phi) is 11.0. The number of fused-ring (bicyclic) bond motifs is 1. The molecule has 0 bridgehead atoms. The quantitative estimate of drug-likeness (QED) is 0.213. The molecule has 4 atom stereocenters. The minimum absolute atomic E-state index is 0.116. The first-order chi connectivity index (χ1) is 20.9. The molecule has 43 heavy (non-hydrogen) atoms. The first-order valence-corrected chi connectivity index (χ1v) is 15.0. The molecule has 4 rings (SSSR count). The Bertz CT molecular complexity index is 1460. The minimum atomic E-state index is -0.717. The second kappa shape index (κ2) is 15.1. The van der Waals surface area contributed by atoms with Gasteiger partial charge in [0.15, 0.2) is 0 Å². The highest BCUT2D eigenvalue weighted by Crippen LogP contribution is 2.30. The fraction of sp³-hybridized carbons (Fsp3) is 0.485. The average Bonchev–Trinajstić information content (AvgIpc) is 3.78. The second-order valence-electron chi connectivity index (χ2n) is 11.8. The van der Waals surface area contributed by atoms with Crippen LogP contribution < -0.4 is 21.3 Å². The Balaban J connectivity index is 1.55. The van der Waals surface area contributed by atoms with Crippen molar-refractivity contribution in [3.05, 3.63) is 59.2 Å². The summed E-state index contributed by atoms with van der Waals surface area (Å²) >= 11 is 0. The lowest BCUT2D eigenvalue weighted by atomic mass is 9.93. The van der Waals surface area contributed by atoms with Gasteiger partial charge in [-0.15, -0.1) is 0 Å². The first kappa shape index (κ1) is 31.4. The third-order valence-corrected chi connectivity index (χ3v) is 8.46. The van der Waals surface area contributed by atoms with Crippen molar-refractivity contribution in [2.45, 2.75) is 76.9 Å². The summed E-state index contributed by atoms with van der Waals surface area (Å²) in [7, 11) is 0. The van der Waals surface area contributed by atoms with Crippen molar-refractivity contribution in [3.8, 4) is 0 Å². The third kappa shape index (κ3) is 8.04. The van der Waals surface area contributed by atoms with E-state index in [9.17, 15) is 24.0 Å². The number of hydrogen-bond donors (Lipinski definition) is 5. The maximum atomic E-state index is 13.3. The molecule has 5 N–H and O–H groups in total. The summed E-state index contributed by atoms with van der Waals surface area (Å²) in [6.07, 6.45) is 7.07. The monoisotopic (exact) mass is 585 g/mol. The van der Waals surface area contributed by atoms with Gasteiger partial charge in [-0.2, -0.15) is 0 Å². The molecule has 1 aliphatic carbocycles. The zero-order valence-corrected chi connectivity index (χ0v) is 24.6. The maximum Gasteiger partial charge on any atom is 0.268 e. The molecule has 10 nitrogen and oxygen atoms in total. The molecule has 0 radical (unpaired) electrons. The van der Waals surface area contributed by atoms with E-state index in [-0.39, 0.29) is 29.1 Å². The van der Waals surface area contributed by atoms with Gasteiger partial charge in [-0.3, -0.25) is 4.79 Å². The van der Waals surface area contributed by atoms with Gasteiger partial charge in [0, 0.05) is 29.4 Å². The van der Waals surface area contributed by atoms with E-state index in [4.69, 9.17) is 0 Å². The molecule has 1 saturated heterocycles. The van der Waals surface area contributed by atoms with Crippen LogP contribution >= 0.6 is 0 Å². The van der Waals surface area contributed by atoms with Crippen LogP contribution in [0, 0.1) is 17.8 Å². The minimum Gasteiger partial charge on any atom is -0.379 e. The van der Waals surface area contributed by atoms with Crippen LogP contribution in [0.1, 0.15) is 69.3 Å². The molecular weight excluding hydrogens is 546 g/mol. The number of aromatic amines is 1. The van der Waals surface area contributed by atoms with Crippen molar-refractivity contribution in [1.82, 2.24) is 26.3 Å². The van der Waals surface area contributed by atoms with Crippen molar-refractivity contribution < 1.29 is 24.0 Å². The number of H-pyrrole nitrogens is 1. The SMILES string of the molecule is CC(C)[C@H](NC(=O)c1cc2ccccc2[nH]1)C(=C=O)N[C@@H](CC1CCCC1)C(=C=O)N[C@H](C=C=O)C[C@@H]1CCNC1=C=O. The number of rotatable bonds is 14. The van der Waals surface area contributed by atoms with Gasteiger partial charge in [-0.05, 0) is 43.2 Å². The van der Waals surface area contributed by atoms with Crippen LogP contribution in [0.15, 0.2) is 53.5 Å². The lowest BCUT2D eigenvalue weighted by molar-refractivity contribution is 0.0928. The Morgan fingerprint density at radius 2 is 1.72 bits per heavy atom. The lowest BCUT2D eigenvalue weighted by Crippen LogP contribution is -2.49. The molecule has 2 heterocycles. The predicted octanol–water partition coefficient (Wildman–Crippen LogP) is 2.95. The van der Waals surface area contributed by atoms with E-state index in [1.54, 1.807) is 12.0 Å². The molecule has 0 spiro atoms. The highest BCUT2D eigenvalue weighted by Gasteiger charge is 2.31. The van der Waals surface area contributed by atoms with Crippen LogP contribution in [-0.2, 0) is 19.2 Å². The van der Waals surface area contributed by atoms with Crippen LogP contribution in [0.4, 0.5) is 0 Å². The van der Waals surface area contributed by atoms with Crippen LogP contribution in [-0.4, -0.2) is 59.3 Å². The zero-order valence-electron chi connectivity index (χ0n) is 24.6. The molecule has 2 fully saturated rings. The number of para-hydroxylation sites is 1. The molecule has 1 aliphatic heterocycles. The number of nitrogens with one attached hydrogen (secondary N) is 5. The number of allylic oxidation sites excluding steroid dienone is 1. The fourth-order valence-corrected chi connectivity index (χ4v) is 6.17. The summed E-state index contributed by atoms with van der Waals surface area (Å²) in [6.45, 7) is 4.40. The molecule has 1 aromatic heterocycles. The van der Waals surface area contributed by atoms with Gasteiger partial charge in [0.1, 0.15) is 40.9 Å². The number of carbonyl (C=O) groups excluding carboxylic acids is 5. The summed E-state index contributed by atoms with van der Waals surface area (Å²) in [5, 5.41) is 13.2. The number of carbonyl (C=O) groups is 1. The molecule has 1 aromatic carbocycles. The van der Waals surface area contributed by atoms with Gasteiger partial charge in [0.25, 0.3) is 5.91 Å². The molecule has 1 saturated carbocycles. The van der Waals surface area contributed by atoms with Gasteiger partial charge < -0.3 is 26.3 Å². The van der Waals surface area contributed by atoms with E-state index in [1.165, 1.54) is 6.08 Å². The van der Waals surface area contributed by atoms with Crippen LogP contribution in [0.5, 0.6) is 0 Å². The van der Waals surface area contributed by atoms with Crippen LogP contribution in [0.3, 0.4) is 0 Å². The highest BCUT2D eigenvalue weighted by molar-refractivity contribution is 5.98. The Morgan fingerprint density at radius 1 is 0.977 bits per heavy atom. The topological polar surface area (TPSA) is 149 Å².